The molecule has 0 aliphatic carbocycles. The third-order valence-corrected chi connectivity index (χ3v) is 3.58. The molecular formula is C18H18N4. The van der Waals surface area contributed by atoms with E-state index in [1.54, 1.807) is 4.52 Å². The molecule has 0 aliphatic rings. The van der Waals surface area contributed by atoms with Crippen molar-refractivity contribution in [2.45, 2.75) is 20.8 Å². The Morgan fingerprint density at radius 2 is 1.86 bits per heavy atom. The maximum atomic E-state index is 4.41. The fourth-order valence-corrected chi connectivity index (χ4v) is 2.33. The molecule has 0 unspecified atom stereocenters. The van der Waals surface area contributed by atoms with Crippen molar-refractivity contribution in [3.8, 4) is 11.8 Å². The highest BCUT2D eigenvalue weighted by molar-refractivity contribution is 5.55. The van der Waals surface area contributed by atoms with Gasteiger partial charge < -0.3 is 5.32 Å². The van der Waals surface area contributed by atoms with Gasteiger partial charge in [-0.25, -0.2) is 4.52 Å². The van der Waals surface area contributed by atoms with E-state index in [0.717, 1.165) is 22.3 Å². The minimum Gasteiger partial charge on any atom is -0.356 e. The lowest BCUT2D eigenvalue weighted by Crippen LogP contribution is -1.93. The largest absolute Gasteiger partial charge is 0.356 e. The van der Waals surface area contributed by atoms with Crippen LogP contribution < -0.4 is 5.32 Å². The Labute approximate surface area is 130 Å². The fourth-order valence-electron chi connectivity index (χ4n) is 2.33. The van der Waals surface area contributed by atoms with Crippen LogP contribution in [0.2, 0.25) is 0 Å². The molecular weight excluding hydrogens is 272 g/mol. The molecule has 4 nitrogen and oxygen atoms in total. The molecule has 3 rings (SSSR count). The van der Waals surface area contributed by atoms with Crippen molar-refractivity contribution in [3.05, 3.63) is 58.3 Å². The van der Waals surface area contributed by atoms with Crippen molar-refractivity contribution in [1.82, 2.24) is 14.6 Å². The number of pyridine rings is 1. The SMILES string of the molecule is CNc1nc2c(C)cc(C#Cc3cc(C)ccc3C)cn2n1. The summed E-state index contributed by atoms with van der Waals surface area (Å²) in [5, 5.41) is 7.32. The average Bonchev–Trinajstić information content (AvgIpc) is 2.92. The van der Waals surface area contributed by atoms with E-state index in [2.05, 4.69) is 59.3 Å². The molecule has 1 aromatic carbocycles. The van der Waals surface area contributed by atoms with Gasteiger partial charge in [0.2, 0.25) is 5.95 Å². The van der Waals surface area contributed by atoms with Gasteiger partial charge in [-0.15, -0.1) is 5.10 Å². The quantitative estimate of drug-likeness (QED) is 0.700. The lowest BCUT2D eigenvalue weighted by molar-refractivity contribution is 0.954. The van der Waals surface area contributed by atoms with E-state index >= 15 is 0 Å². The van der Waals surface area contributed by atoms with E-state index in [9.17, 15) is 0 Å². The third-order valence-electron chi connectivity index (χ3n) is 3.58. The fraction of sp³-hybridized carbons (Fsp3) is 0.222. The molecule has 0 amide bonds. The van der Waals surface area contributed by atoms with Gasteiger partial charge in [0.15, 0.2) is 5.65 Å². The molecule has 0 atom stereocenters. The molecule has 0 saturated carbocycles. The minimum absolute atomic E-state index is 0.614. The van der Waals surface area contributed by atoms with Crippen molar-refractivity contribution in [2.75, 3.05) is 12.4 Å². The van der Waals surface area contributed by atoms with Gasteiger partial charge in [0, 0.05) is 24.4 Å². The summed E-state index contributed by atoms with van der Waals surface area (Å²) in [6, 6.07) is 8.36. The molecule has 1 N–H and O–H groups in total. The maximum Gasteiger partial charge on any atom is 0.242 e. The van der Waals surface area contributed by atoms with E-state index in [4.69, 9.17) is 0 Å². The van der Waals surface area contributed by atoms with Crippen LogP contribution in [0.15, 0.2) is 30.5 Å². The molecule has 0 spiro atoms. The summed E-state index contributed by atoms with van der Waals surface area (Å²) in [5.41, 5.74) is 6.31. The van der Waals surface area contributed by atoms with E-state index in [1.165, 1.54) is 11.1 Å². The van der Waals surface area contributed by atoms with Crippen LogP contribution in [0.5, 0.6) is 0 Å². The van der Waals surface area contributed by atoms with E-state index < -0.39 is 0 Å². The van der Waals surface area contributed by atoms with Crippen LogP contribution in [0, 0.1) is 32.6 Å². The molecule has 4 heteroatoms. The second-order valence-corrected chi connectivity index (χ2v) is 5.43. The Morgan fingerprint density at radius 3 is 2.64 bits per heavy atom. The van der Waals surface area contributed by atoms with Gasteiger partial charge >= 0.3 is 0 Å². The Balaban J connectivity index is 2.04. The van der Waals surface area contributed by atoms with Crippen LogP contribution in [0.1, 0.15) is 27.8 Å². The van der Waals surface area contributed by atoms with E-state index in [1.807, 2.05) is 26.2 Å². The first-order valence-electron chi connectivity index (χ1n) is 7.21. The predicted octanol–water partition coefficient (Wildman–Crippen LogP) is 3.10. The second kappa shape index (κ2) is 5.53. The monoisotopic (exact) mass is 290 g/mol. The summed E-state index contributed by atoms with van der Waals surface area (Å²) in [6.07, 6.45) is 1.91. The van der Waals surface area contributed by atoms with Crippen LogP contribution in [0.3, 0.4) is 0 Å². The molecule has 2 aromatic heterocycles. The summed E-state index contributed by atoms with van der Waals surface area (Å²) < 4.78 is 1.77. The van der Waals surface area contributed by atoms with Gasteiger partial charge in [-0.1, -0.05) is 24.0 Å². The molecule has 0 radical (unpaired) electrons. The number of anilines is 1. The number of aromatic nitrogens is 3. The standard InChI is InChI=1S/C18H18N4/c1-12-5-6-13(2)16(9-12)8-7-15-10-14(3)17-20-18(19-4)21-22(17)11-15/h5-6,9-11H,1-4H3,(H,19,21). The molecule has 0 fully saturated rings. The van der Waals surface area contributed by atoms with Crippen molar-refractivity contribution in [1.29, 1.82) is 0 Å². The van der Waals surface area contributed by atoms with E-state index in [-0.39, 0.29) is 0 Å². The first-order chi connectivity index (χ1) is 10.6. The van der Waals surface area contributed by atoms with Crippen LogP contribution in [0.25, 0.3) is 5.65 Å². The summed E-state index contributed by atoms with van der Waals surface area (Å²) >= 11 is 0. The average molecular weight is 290 g/mol. The van der Waals surface area contributed by atoms with Gasteiger partial charge in [0.1, 0.15) is 0 Å². The smallest absolute Gasteiger partial charge is 0.242 e. The number of aryl methyl sites for hydroxylation is 3. The zero-order chi connectivity index (χ0) is 15.7. The van der Waals surface area contributed by atoms with Gasteiger partial charge in [-0.2, -0.15) is 4.98 Å². The maximum absolute atomic E-state index is 4.41. The molecule has 110 valence electrons. The van der Waals surface area contributed by atoms with Gasteiger partial charge in [-0.3, -0.25) is 0 Å². The number of hydrogen-bond acceptors (Lipinski definition) is 3. The highest BCUT2D eigenvalue weighted by atomic mass is 15.3. The van der Waals surface area contributed by atoms with Gasteiger partial charge in [0.25, 0.3) is 0 Å². The van der Waals surface area contributed by atoms with Gasteiger partial charge in [0.05, 0.1) is 0 Å². The van der Waals surface area contributed by atoms with Gasteiger partial charge in [-0.05, 0) is 49.6 Å². The van der Waals surface area contributed by atoms with Crippen LogP contribution in [-0.2, 0) is 0 Å². The summed E-state index contributed by atoms with van der Waals surface area (Å²) in [6.45, 7) is 6.18. The normalized spacial score (nSPS) is 10.4. The summed E-state index contributed by atoms with van der Waals surface area (Å²) in [4.78, 5) is 4.41. The number of rotatable bonds is 1. The molecule has 0 aliphatic heterocycles. The predicted molar refractivity (Wildman–Crippen MR) is 89.2 cm³/mol. The summed E-state index contributed by atoms with van der Waals surface area (Å²) in [5.74, 6) is 7.10. The number of hydrogen-bond donors (Lipinski definition) is 1. The zero-order valence-corrected chi connectivity index (χ0v) is 13.2. The highest BCUT2D eigenvalue weighted by Crippen LogP contribution is 2.13. The Kier molecular flexibility index (Phi) is 3.56. The van der Waals surface area contributed by atoms with Crippen molar-refractivity contribution < 1.29 is 0 Å². The minimum atomic E-state index is 0.614. The zero-order valence-electron chi connectivity index (χ0n) is 13.2. The molecule has 0 bridgehead atoms. The Bertz CT molecular complexity index is 910. The topological polar surface area (TPSA) is 42.2 Å². The number of nitrogens with zero attached hydrogens (tertiary/aromatic N) is 3. The first kappa shape index (κ1) is 14.2. The Hall–Kier alpha value is -2.80. The number of fused-ring (bicyclic) bond motifs is 1. The van der Waals surface area contributed by atoms with Crippen molar-refractivity contribution in [2.24, 2.45) is 0 Å². The molecule has 0 saturated heterocycles. The van der Waals surface area contributed by atoms with Crippen molar-refractivity contribution >= 4 is 11.6 Å². The van der Waals surface area contributed by atoms with Crippen LogP contribution in [0.4, 0.5) is 5.95 Å². The van der Waals surface area contributed by atoms with Crippen molar-refractivity contribution in [3.63, 3.8) is 0 Å². The number of benzene rings is 1. The Morgan fingerprint density at radius 1 is 1.05 bits per heavy atom. The highest BCUT2D eigenvalue weighted by Gasteiger charge is 2.05. The van der Waals surface area contributed by atoms with Crippen LogP contribution in [-0.4, -0.2) is 21.6 Å². The number of nitrogens with one attached hydrogen (secondary N) is 1. The second-order valence-electron chi connectivity index (χ2n) is 5.43. The van der Waals surface area contributed by atoms with E-state index in [0.29, 0.717) is 5.95 Å². The lowest BCUT2D eigenvalue weighted by Gasteiger charge is -2.00. The molecule has 3 aromatic rings. The van der Waals surface area contributed by atoms with Crippen LogP contribution >= 0.6 is 0 Å². The first-order valence-corrected chi connectivity index (χ1v) is 7.21. The lowest BCUT2D eigenvalue weighted by atomic mass is 10.1. The molecule has 22 heavy (non-hydrogen) atoms. The molecule has 2 heterocycles. The summed E-state index contributed by atoms with van der Waals surface area (Å²) in [7, 11) is 1.81. The third kappa shape index (κ3) is 2.66.